The average molecular weight is 172 g/mol. The fourth-order valence-electron chi connectivity index (χ4n) is 1.25. The summed E-state index contributed by atoms with van der Waals surface area (Å²) < 4.78 is 5.32. The molecule has 0 aliphatic carbocycles. The summed E-state index contributed by atoms with van der Waals surface area (Å²) in [6, 6.07) is 9.49. The van der Waals surface area contributed by atoms with Gasteiger partial charge in [0.05, 0.1) is 5.57 Å². The van der Waals surface area contributed by atoms with E-state index in [1.165, 1.54) is 0 Å². The first-order valence-electron chi connectivity index (χ1n) is 3.94. The Morgan fingerprint density at radius 2 is 2.15 bits per heavy atom. The zero-order valence-electron chi connectivity index (χ0n) is 6.90. The lowest BCUT2D eigenvalue weighted by atomic mass is 10.1. The highest BCUT2D eigenvalue weighted by atomic mass is 16.5. The Labute approximate surface area is 76.0 Å². The predicted molar refractivity (Wildman–Crippen MR) is 48.6 cm³/mol. The quantitative estimate of drug-likeness (QED) is 0.641. The minimum Gasteiger partial charge on any atom is -0.470 e. The molecule has 1 aliphatic heterocycles. The fourth-order valence-corrected chi connectivity index (χ4v) is 1.25. The molecule has 64 valence electrons. The van der Waals surface area contributed by atoms with Gasteiger partial charge in [-0.15, -0.1) is 0 Å². The largest absolute Gasteiger partial charge is 0.470 e. The van der Waals surface area contributed by atoms with Gasteiger partial charge in [-0.1, -0.05) is 18.2 Å². The second-order valence-corrected chi connectivity index (χ2v) is 2.79. The van der Waals surface area contributed by atoms with Gasteiger partial charge < -0.3 is 4.74 Å². The molecule has 0 aromatic heterocycles. The molecule has 1 aliphatic rings. The number of nitriles is 1. The van der Waals surface area contributed by atoms with Crippen LogP contribution in [-0.2, 0) is 0 Å². The SMILES string of the molecule is N#CC1=Cc2ccccc2OC1N. The van der Waals surface area contributed by atoms with Crippen LogP contribution in [0, 0.1) is 11.3 Å². The van der Waals surface area contributed by atoms with Crippen LogP contribution in [0.3, 0.4) is 0 Å². The Bertz CT molecular complexity index is 404. The molecule has 2 rings (SSSR count). The van der Waals surface area contributed by atoms with Crippen molar-refractivity contribution in [2.24, 2.45) is 5.73 Å². The molecule has 0 fully saturated rings. The zero-order chi connectivity index (χ0) is 9.26. The molecule has 1 heterocycles. The maximum absolute atomic E-state index is 8.71. The first-order chi connectivity index (χ1) is 6.31. The third-order valence-electron chi connectivity index (χ3n) is 1.92. The molecule has 0 radical (unpaired) electrons. The predicted octanol–water partition coefficient (Wildman–Crippen LogP) is 1.27. The molecule has 0 bridgehead atoms. The van der Waals surface area contributed by atoms with E-state index in [1.54, 1.807) is 6.08 Å². The molecule has 0 saturated heterocycles. The Morgan fingerprint density at radius 3 is 2.92 bits per heavy atom. The highest BCUT2D eigenvalue weighted by Crippen LogP contribution is 2.26. The molecule has 0 saturated carbocycles. The van der Waals surface area contributed by atoms with Gasteiger partial charge in [0, 0.05) is 5.56 Å². The van der Waals surface area contributed by atoms with Crippen LogP contribution in [0.1, 0.15) is 5.56 Å². The van der Waals surface area contributed by atoms with E-state index in [1.807, 2.05) is 30.3 Å². The summed E-state index contributed by atoms with van der Waals surface area (Å²) in [4.78, 5) is 0. The number of nitrogens with zero attached hydrogens (tertiary/aromatic N) is 1. The lowest BCUT2D eigenvalue weighted by Crippen LogP contribution is -2.31. The maximum atomic E-state index is 8.71. The molecule has 3 nitrogen and oxygen atoms in total. The van der Waals surface area contributed by atoms with Gasteiger partial charge in [-0.05, 0) is 12.1 Å². The molecular weight excluding hydrogens is 164 g/mol. The summed E-state index contributed by atoms with van der Waals surface area (Å²) in [6.45, 7) is 0. The van der Waals surface area contributed by atoms with Crippen molar-refractivity contribution in [1.82, 2.24) is 0 Å². The van der Waals surface area contributed by atoms with Gasteiger partial charge in [-0.25, -0.2) is 0 Å². The Kier molecular flexibility index (Phi) is 1.76. The number of hydrogen-bond acceptors (Lipinski definition) is 3. The maximum Gasteiger partial charge on any atom is 0.183 e. The first kappa shape index (κ1) is 7.84. The van der Waals surface area contributed by atoms with E-state index in [9.17, 15) is 0 Å². The van der Waals surface area contributed by atoms with E-state index in [2.05, 4.69) is 0 Å². The molecule has 1 atom stereocenters. The van der Waals surface area contributed by atoms with E-state index in [0.717, 1.165) is 11.3 Å². The molecule has 1 unspecified atom stereocenters. The minimum atomic E-state index is -0.625. The zero-order valence-corrected chi connectivity index (χ0v) is 6.90. The van der Waals surface area contributed by atoms with Crippen molar-refractivity contribution >= 4 is 6.08 Å². The second-order valence-electron chi connectivity index (χ2n) is 2.79. The Balaban J connectivity index is 2.51. The normalized spacial score (nSPS) is 19.4. The van der Waals surface area contributed by atoms with Crippen molar-refractivity contribution in [3.05, 3.63) is 35.4 Å². The van der Waals surface area contributed by atoms with Gasteiger partial charge in [0.15, 0.2) is 6.23 Å². The van der Waals surface area contributed by atoms with Crippen LogP contribution in [0.5, 0.6) is 5.75 Å². The van der Waals surface area contributed by atoms with Crippen LogP contribution < -0.4 is 10.5 Å². The van der Waals surface area contributed by atoms with Crippen molar-refractivity contribution in [2.45, 2.75) is 6.23 Å². The van der Waals surface area contributed by atoms with Crippen LogP contribution in [-0.4, -0.2) is 6.23 Å². The summed E-state index contributed by atoms with van der Waals surface area (Å²) in [5.74, 6) is 0.731. The Hall–Kier alpha value is -1.79. The van der Waals surface area contributed by atoms with Crippen LogP contribution in [0.2, 0.25) is 0 Å². The van der Waals surface area contributed by atoms with Crippen molar-refractivity contribution in [3.8, 4) is 11.8 Å². The summed E-state index contributed by atoms with van der Waals surface area (Å²) in [5, 5.41) is 8.71. The van der Waals surface area contributed by atoms with Crippen LogP contribution >= 0.6 is 0 Å². The number of hydrogen-bond donors (Lipinski definition) is 1. The summed E-state index contributed by atoms with van der Waals surface area (Å²) in [6.07, 6.45) is 1.13. The molecule has 1 aromatic rings. The number of fused-ring (bicyclic) bond motifs is 1. The van der Waals surface area contributed by atoms with Gasteiger partial charge in [-0.2, -0.15) is 5.26 Å². The van der Waals surface area contributed by atoms with Crippen molar-refractivity contribution < 1.29 is 4.74 Å². The topological polar surface area (TPSA) is 59.0 Å². The molecule has 2 N–H and O–H groups in total. The first-order valence-corrected chi connectivity index (χ1v) is 3.94. The number of rotatable bonds is 0. The summed E-state index contributed by atoms with van der Waals surface area (Å²) >= 11 is 0. The van der Waals surface area contributed by atoms with Gasteiger partial charge in [0.1, 0.15) is 11.8 Å². The Morgan fingerprint density at radius 1 is 1.38 bits per heavy atom. The lowest BCUT2D eigenvalue weighted by Gasteiger charge is -2.20. The molecular formula is C10H8N2O. The van der Waals surface area contributed by atoms with E-state index >= 15 is 0 Å². The second kappa shape index (κ2) is 2.92. The lowest BCUT2D eigenvalue weighted by molar-refractivity contribution is 0.246. The molecule has 0 spiro atoms. The van der Waals surface area contributed by atoms with E-state index in [4.69, 9.17) is 15.7 Å². The minimum absolute atomic E-state index is 0.457. The molecule has 3 heteroatoms. The van der Waals surface area contributed by atoms with Gasteiger partial charge >= 0.3 is 0 Å². The summed E-state index contributed by atoms with van der Waals surface area (Å²) in [7, 11) is 0. The highest BCUT2D eigenvalue weighted by Gasteiger charge is 2.17. The molecule has 0 amide bonds. The van der Waals surface area contributed by atoms with Crippen molar-refractivity contribution in [3.63, 3.8) is 0 Å². The number of nitrogens with two attached hydrogens (primary N) is 1. The fraction of sp³-hybridized carbons (Fsp3) is 0.100. The number of para-hydroxylation sites is 1. The van der Waals surface area contributed by atoms with Gasteiger partial charge in [0.25, 0.3) is 0 Å². The van der Waals surface area contributed by atoms with Crippen molar-refractivity contribution in [1.29, 1.82) is 5.26 Å². The third-order valence-corrected chi connectivity index (χ3v) is 1.92. The van der Waals surface area contributed by atoms with Crippen LogP contribution in [0.25, 0.3) is 6.08 Å². The van der Waals surface area contributed by atoms with Crippen molar-refractivity contribution in [2.75, 3.05) is 0 Å². The third kappa shape index (κ3) is 1.28. The van der Waals surface area contributed by atoms with Gasteiger partial charge in [-0.3, -0.25) is 5.73 Å². The average Bonchev–Trinajstić information content (AvgIpc) is 2.17. The summed E-state index contributed by atoms with van der Waals surface area (Å²) in [5.41, 5.74) is 6.95. The molecule has 1 aromatic carbocycles. The monoisotopic (exact) mass is 172 g/mol. The number of ether oxygens (including phenoxy) is 1. The van der Waals surface area contributed by atoms with Gasteiger partial charge in [0.2, 0.25) is 0 Å². The van der Waals surface area contributed by atoms with Crippen LogP contribution in [0.15, 0.2) is 29.8 Å². The highest BCUT2D eigenvalue weighted by molar-refractivity contribution is 5.65. The smallest absolute Gasteiger partial charge is 0.183 e. The standard InChI is InChI=1S/C10H8N2O/c11-6-8-5-7-3-1-2-4-9(7)13-10(8)12/h1-5,10H,12H2. The van der Waals surface area contributed by atoms with E-state index < -0.39 is 6.23 Å². The van der Waals surface area contributed by atoms with E-state index in [-0.39, 0.29) is 0 Å². The van der Waals surface area contributed by atoms with E-state index in [0.29, 0.717) is 5.57 Å². The van der Waals surface area contributed by atoms with Crippen LogP contribution in [0.4, 0.5) is 0 Å². The molecule has 13 heavy (non-hydrogen) atoms. The number of benzene rings is 1.